The summed E-state index contributed by atoms with van der Waals surface area (Å²) in [6.07, 6.45) is 38.3. The van der Waals surface area contributed by atoms with Crippen molar-refractivity contribution in [1.82, 2.24) is 26.5 Å². The third-order valence-electron chi connectivity index (χ3n) is 27.5. The molecule has 18 rings (SSSR count). The summed E-state index contributed by atoms with van der Waals surface area (Å²) in [6, 6.07) is 53.5. The maximum Gasteiger partial charge on any atom is 0.162 e. The van der Waals surface area contributed by atoms with Gasteiger partial charge in [-0.2, -0.15) is 0 Å². The van der Waals surface area contributed by atoms with Crippen LogP contribution in [0.15, 0.2) is 203 Å². The van der Waals surface area contributed by atoms with E-state index in [2.05, 4.69) is 253 Å². The van der Waals surface area contributed by atoms with Gasteiger partial charge >= 0.3 is 0 Å². The molecule has 0 amide bonds. The highest BCUT2D eigenvalue weighted by Crippen LogP contribution is 2.48. The molecule has 10 heteroatoms. The summed E-state index contributed by atoms with van der Waals surface area (Å²) in [6.45, 7) is 26.1. The molecule has 5 atom stereocenters. The molecule has 114 heavy (non-hydrogen) atoms. The number of hydrogen-bond donors (Lipinski definition) is 5. The lowest BCUT2D eigenvalue weighted by Gasteiger charge is -2.33. The first kappa shape index (κ1) is 82.5. The number of nitrogens with one attached hydrogen (secondary N) is 5. The van der Waals surface area contributed by atoms with Crippen LogP contribution in [0.25, 0.3) is 5.70 Å². The van der Waals surface area contributed by atoms with Crippen molar-refractivity contribution in [1.29, 1.82) is 0 Å². The lowest BCUT2D eigenvalue weighted by molar-refractivity contribution is 0.355. The Kier molecular flexibility index (Phi) is 30.2. The van der Waals surface area contributed by atoms with Gasteiger partial charge < -0.3 is 51.0 Å². The van der Waals surface area contributed by atoms with Crippen molar-refractivity contribution in [2.45, 2.75) is 337 Å². The lowest BCUT2D eigenvalue weighted by atomic mass is 9.86. The van der Waals surface area contributed by atoms with Crippen molar-refractivity contribution in [3.8, 4) is 0 Å². The minimum Gasteiger partial charge on any atom is -0.367 e. The molecular formula is C104H156N10. The topological polar surface area (TPSA) is 76.3 Å². The summed E-state index contributed by atoms with van der Waals surface area (Å²) in [4.78, 5) is 12.2. The normalized spacial score (nSPS) is 24.5. The van der Waals surface area contributed by atoms with Gasteiger partial charge in [0.25, 0.3) is 0 Å². The molecule has 0 bridgehead atoms. The zero-order chi connectivity index (χ0) is 80.0. The van der Waals surface area contributed by atoms with Crippen LogP contribution >= 0.6 is 0 Å². The summed E-state index contributed by atoms with van der Waals surface area (Å²) in [5.41, 5.74) is 26.2. The fourth-order valence-electron chi connectivity index (χ4n) is 21.2. The smallest absolute Gasteiger partial charge is 0.162 e. The van der Waals surface area contributed by atoms with Gasteiger partial charge in [-0.05, 0) is 266 Å². The monoisotopic (exact) mass is 1550 g/mol. The van der Waals surface area contributed by atoms with E-state index >= 15 is 0 Å². The molecule has 7 aliphatic carbocycles. The van der Waals surface area contributed by atoms with E-state index in [9.17, 15) is 0 Å². The molecule has 12 aliphatic rings. The molecule has 5 aliphatic heterocycles. The second-order valence-corrected chi connectivity index (χ2v) is 34.6. The minimum atomic E-state index is 0. The van der Waals surface area contributed by atoms with E-state index in [1.165, 1.54) is 282 Å². The van der Waals surface area contributed by atoms with Gasteiger partial charge in [0, 0.05) is 91.5 Å². The molecule has 5 N–H and O–H groups in total. The maximum atomic E-state index is 9.06. The van der Waals surface area contributed by atoms with Crippen LogP contribution in [0.5, 0.6) is 0 Å². The Morgan fingerprint density at radius 1 is 0.237 bits per heavy atom. The van der Waals surface area contributed by atoms with Gasteiger partial charge in [-0.15, -0.1) is 0 Å². The number of aryl methyl sites for hydroxylation is 5. The highest BCUT2D eigenvalue weighted by molar-refractivity contribution is 5.77. The van der Waals surface area contributed by atoms with Gasteiger partial charge in [0.1, 0.15) is 30.8 Å². The summed E-state index contributed by atoms with van der Waals surface area (Å²) >= 11 is 0. The molecule has 0 saturated heterocycles. The first-order valence-corrected chi connectivity index (χ1v) is 43.4. The zero-order valence-electron chi connectivity index (χ0n) is 73.8. The standard InChI is InChI=1S/C22H32N2.C22H26N2.C21H30N2.2C17H24N2.5CH4/c2*1-16-10-6-9-15-20(16)24-17(2)21(18-11-4-3-5-12-18)23-22(24)19-13-7-8-14-19;1-15-9-3-8-14-19(15)23-16(2)20(17-10-4-5-11-17)22-21(23)18-12-6-7-13-18;2*1-12-8-4-7-11-16(12)19-14(3)13(2)18-17(19)15-9-5-6-10-15;;;;;/h6,9-10,15,18-19,22-23H,3-5,7-8,11-14H2,1-2H3;3-6,9-12,15,19,22-23H,7-8,13-14H2,1-2H3;3,8-9,14,17-18,21-22H,4-7,10-13H2,1-2H3;2*4,7-8,11,15,17-18H,5-6,9-10H2,1-3H3;5*1H4/i/hD5. The molecule has 0 aromatic heterocycles. The fourth-order valence-corrected chi connectivity index (χ4v) is 21.2. The fraction of sp³-hybridized carbons (Fsp3) is 0.558. The van der Waals surface area contributed by atoms with E-state index in [0.29, 0.717) is 41.4 Å². The molecule has 10 nitrogen and oxygen atoms in total. The van der Waals surface area contributed by atoms with Gasteiger partial charge in [-0.1, -0.05) is 255 Å². The number of anilines is 5. The quantitative estimate of drug-likeness (QED) is 0.0772. The van der Waals surface area contributed by atoms with E-state index < -0.39 is 0 Å². The number of benzene rings is 6. The summed E-state index contributed by atoms with van der Waals surface area (Å²) in [7, 11) is 0. The van der Waals surface area contributed by atoms with Gasteiger partial charge in [0.05, 0.1) is 5.70 Å². The number of allylic oxidation sites excluding steroid dienone is 9. The molecule has 622 valence electrons. The third kappa shape index (κ3) is 19.7. The van der Waals surface area contributed by atoms with Crippen molar-refractivity contribution >= 4 is 34.1 Å². The lowest BCUT2D eigenvalue weighted by Crippen LogP contribution is -2.43. The number of para-hydroxylation sites is 5. The molecule has 6 aromatic carbocycles. The van der Waals surface area contributed by atoms with E-state index in [-0.39, 0.29) is 68.0 Å². The SMILES string of the molecule is C.C.C.C.C.[2H]N1C(C)=C(C)N(c2ccccc2C)C1C1CCCC1.[2H]N1C(C)=C(C)N(c2ccccc2C)C1C1CCCC1.[2H]N1C(C2CCCC2)=C(C)N(c2ccccc2C)C1C1CCCC1.[2H]N1C(C2CCCCC2)=C(C)N(c2ccccc2C)C1C1CCCC1.[2H]N1C(c2ccccc2)=C(C)N(c2ccccc2C)C1C1CCCC1. The minimum absolute atomic E-state index is 0. The Morgan fingerprint density at radius 2 is 0.456 bits per heavy atom. The van der Waals surface area contributed by atoms with E-state index in [4.69, 9.17) is 7.06 Å². The molecule has 0 radical (unpaired) electrons. The average molecular weight is 1550 g/mol. The molecule has 5 heterocycles. The van der Waals surface area contributed by atoms with Crippen molar-refractivity contribution in [3.63, 3.8) is 0 Å². The summed E-state index contributed by atoms with van der Waals surface area (Å²) in [5, 5.41) is 9.14. The number of nitrogens with zero attached hydrogens (tertiary/aromatic N) is 5. The average Bonchev–Trinajstić information content (AvgIpc) is 1.62. The Bertz CT molecular complexity index is 4290. The summed E-state index contributed by atoms with van der Waals surface area (Å²) in [5.74, 6) is 4.20. The van der Waals surface area contributed by atoms with Crippen LogP contribution in [0.1, 0.15) is 305 Å². The highest BCUT2D eigenvalue weighted by Gasteiger charge is 2.44. The van der Waals surface area contributed by atoms with Crippen LogP contribution in [0, 0.1) is 76.0 Å². The van der Waals surface area contributed by atoms with Gasteiger partial charge in [0.2, 0.25) is 0 Å². The van der Waals surface area contributed by atoms with E-state index in [0.717, 1.165) is 22.7 Å². The van der Waals surface area contributed by atoms with Crippen molar-refractivity contribution in [3.05, 3.63) is 236 Å². The van der Waals surface area contributed by atoms with Crippen LogP contribution in [-0.4, -0.2) is 30.8 Å². The van der Waals surface area contributed by atoms with Crippen LogP contribution in [0.2, 0.25) is 7.06 Å². The molecule has 7 fully saturated rings. The Morgan fingerprint density at radius 3 is 0.737 bits per heavy atom. The number of hydrogen-bond acceptors (Lipinski definition) is 10. The third-order valence-corrected chi connectivity index (χ3v) is 27.5. The first-order chi connectivity index (χ1) is 55.3. The van der Waals surface area contributed by atoms with Crippen LogP contribution in [0.4, 0.5) is 28.4 Å². The van der Waals surface area contributed by atoms with Gasteiger partial charge in [-0.25, -0.2) is 0 Å². The predicted molar refractivity (Wildman–Crippen MR) is 496 cm³/mol. The van der Waals surface area contributed by atoms with E-state index in [1.807, 2.05) is 16.7 Å². The molecule has 6 aromatic rings. The van der Waals surface area contributed by atoms with Crippen molar-refractivity contribution < 1.29 is 7.06 Å². The Hall–Kier alpha value is -7.98. The van der Waals surface area contributed by atoms with E-state index in [1.54, 1.807) is 15.9 Å². The maximum absolute atomic E-state index is 9.06. The highest BCUT2D eigenvalue weighted by atomic mass is 15.4. The second kappa shape index (κ2) is 41.7. The molecular weight excluding hydrogens is 1390 g/mol. The largest absolute Gasteiger partial charge is 0.367 e. The zero-order valence-corrected chi connectivity index (χ0v) is 68.8. The van der Waals surface area contributed by atoms with Gasteiger partial charge in [0.15, 0.2) is 7.06 Å². The van der Waals surface area contributed by atoms with Crippen LogP contribution in [0.3, 0.4) is 0 Å². The Balaban J connectivity index is 0.000000168. The molecule has 0 spiro atoms. The Labute approximate surface area is 703 Å². The first-order valence-electron chi connectivity index (χ1n) is 45.7. The van der Waals surface area contributed by atoms with Gasteiger partial charge in [-0.3, -0.25) is 0 Å². The predicted octanol–water partition coefficient (Wildman–Crippen LogP) is 27.9. The van der Waals surface area contributed by atoms with Crippen molar-refractivity contribution in [2.75, 3.05) is 24.5 Å². The van der Waals surface area contributed by atoms with Crippen LogP contribution in [-0.2, 0) is 0 Å². The van der Waals surface area contributed by atoms with Crippen LogP contribution < -0.4 is 51.0 Å². The molecule has 7 saturated carbocycles. The number of rotatable bonds is 13. The van der Waals surface area contributed by atoms with Crippen molar-refractivity contribution in [2.24, 2.45) is 41.4 Å². The summed E-state index contributed by atoms with van der Waals surface area (Å²) < 4.78 is 44.0. The molecule has 5 unspecified atom stereocenters. The second-order valence-electron chi connectivity index (χ2n) is 34.6.